The fraction of sp³-hybridized carbons (Fsp3) is 0.857. The maximum Gasteiger partial charge on any atom is 0.223 e. The van der Waals surface area contributed by atoms with Gasteiger partial charge in [0.1, 0.15) is 0 Å². The first-order valence-electron chi connectivity index (χ1n) is 7.53. The van der Waals surface area contributed by atoms with Crippen LogP contribution in [-0.2, 0) is 6.54 Å². The van der Waals surface area contributed by atoms with Gasteiger partial charge in [0.05, 0.1) is 6.54 Å². The standard InChI is InChI=1S/C14H24N4O.2ClH/c1-11-16-14(17-19-11)10-18-8-4-13(5-9-18)12-2-6-15-7-3-12;;/h12-13,15H,2-10H2,1H3;2*1H. The minimum Gasteiger partial charge on any atom is -0.340 e. The molecule has 122 valence electrons. The molecule has 2 saturated heterocycles. The van der Waals surface area contributed by atoms with Gasteiger partial charge in [-0.1, -0.05) is 5.16 Å². The Morgan fingerprint density at radius 3 is 2.29 bits per heavy atom. The average molecular weight is 337 g/mol. The van der Waals surface area contributed by atoms with E-state index in [1.807, 2.05) is 6.92 Å². The van der Waals surface area contributed by atoms with Gasteiger partial charge in [-0.2, -0.15) is 4.98 Å². The molecular weight excluding hydrogens is 311 g/mol. The van der Waals surface area contributed by atoms with Crippen molar-refractivity contribution in [1.29, 1.82) is 0 Å². The molecule has 21 heavy (non-hydrogen) atoms. The lowest BCUT2D eigenvalue weighted by atomic mass is 9.79. The molecule has 7 heteroatoms. The second-order valence-electron chi connectivity index (χ2n) is 5.93. The lowest BCUT2D eigenvalue weighted by Crippen LogP contribution is -2.39. The smallest absolute Gasteiger partial charge is 0.223 e. The summed E-state index contributed by atoms with van der Waals surface area (Å²) in [7, 11) is 0. The van der Waals surface area contributed by atoms with Gasteiger partial charge < -0.3 is 9.84 Å². The topological polar surface area (TPSA) is 54.2 Å². The van der Waals surface area contributed by atoms with E-state index in [0.717, 1.165) is 24.2 Å². The van der Waals surface area contributed by atoms with E-state index in [9.17, 15) is 0 Å². The lowest BCUT2D eigenvalue weighted by molar-refractivity contribution is 0.123. The second-order valence-corrected chi connectivity index (χ2v) is 5.93. The summed E-state index contributed by atoms with van der Waals surface area (Å²) >= 11 is 0. The largest absolute Gasteiger partial charge is 0.340 e. The fourth-order valence-electron chi connectivity index (χ4n) is 3.50. The fourth-order valence-corrected chi connectivity index (χ4v) is 3.50. The van der Waals surface area contributed by atoms with Crippen molar-refractivity contribution in [3.63, 3.8) is 0 Å². The van der Waals surface area contributed by atoms with Crippen LogP contribution < -0.4 is 5.32 Å². The molecule has 0 unspecified atom stereocenters. The molecule has 1 aromatic heterocycles. The average Bonchev–Trinajstić information content (AvgIpc) is 2.86. The SMILES string of the molecule is Cc1nc(CN2CCC(C3CCNCC3)CC2)no1.Cl.Cl. The van der Waals surface area contributed by atoms with E-state index in [1.165, 1.54) is 51.9 Å². The Morgan fingerprint density at radius 1 is 1.10 bits per heavy atom. The summed E-state index contributed by atoms with van der Waals surface area (Å²) in [6.45, 7) is 7.49. The Morgan fingerprint density at radius 2 is 1.71 bits per heavy atom. The third-order valence-electron chi connectivity index (χ3n) is 4.62. The molecule has 1 N–H and O–H groups in total. The van der Waals surface area contributed by atoms with Crippen LogP contribution in [0.1, 0.15) is 37.4 Å². The molecule has 0 radical (unpaired) electrons. The van der Waals surface area contributed by atoms with Crippen molar-refractivity contribution in [2.45, 2.75) is 39.2 Å². The Bertz CT molecular complexity index is 401. The molecule has 2 fully saturated rings. The van der Waals surface area contributed by atoms with Crippen molar-refractivity contribution in [2.75, 3.05) is 26.2 Å². The number of likely N-dealkylation sites (tertiary alicyclic amines) is 1. The second kappa shape index (κ2) is 8.93. The molecule has 3 rings (SSSR count). The van der Waals surface area contributed by atoms with Gasteiger partial charge in [-0.3, -0.25) is 4.90 Å². The summed E-state index contributed by atoms with van der Waals surface area (Å²) in [4.78, 5) is 6.75. The third kappa shape index (κ3) is 5.09. The number of hydrogen-bond acceptors (Lipinski definition) is 5. The number of aromatic nitrogens is 2. The molecule has 0 aromatic carbocycles. The summed E-state index contributed by atoms with van der Waals surface area (Å²) in [6, 6.07) is 0. The van der Waals surface area contributed by atoms with Crippen LogP contribution >= 0.6 is 24.8 Å². The zero-order valence-corrected chi connectivity index (χ0v) is 14.2. The van der Waals surface area contributed by atoms with E-state index >= 15 is 0 Å². The van der Waals surface area contributed by atoms with Crippen molar-refractivity contribution < 1.29 is 4.52 Å². The van der Waals surface area contributed by atoms with E-state index in [2.05, 4.69) is 20.4 Å². The number of halogens is 2. The van der Waals surface area contributed by atoms with Crippen molar-refractivity contribution in [1.82, 2.24) is 20.4 Å². The minimum absolute atomic E-state index is 0. The van der Waals surface area contributed by atoms with E-state index in [0.29, 0.717) is 5.89 Å². The molecule has 5 nitrogen and oxygen atoms in total. The zero-order valence-electron chi connectivity index (χ0n) is 12.6. The third-order valence-corrected chi connectivity index (χ3v) is 4.62. The number of aryl methyl sites for hydroxylation is 1. The molecule has 0 spiro atoms. The normalized spacial score (nSPS) is 21.6. The predicted molar refractivity (Wildman–Crippen MR) is 87.1 cm³/mol. The van der Waals surface area contributed by atoms with Gasteiger partial charge in [0, 0.05) is 6.92 Å². The molecule has 2 aliphatic rings. The van der Waals surface area contributed by atoms with Gasteiger partial charge in [0.2, 0.25) is 5.89 Å². The Balaban J connectivity index is 0.00000110. The van der Waals surface area contributed by atoms with E-state index in [4.69, 9.17) is 4.52 Å². The highest BCUT2D eigenvalue weighted by molar-refractivity contribution is 5.85. The first-order chi connectivity index (χ1) is 9.31. The molecule has 2 aliphatic heterocycles. The van der Waals surface area contributed by atoms with E-state index < -0.39 is 0 Å². The van der Waals surface area contributed by atoms with Gasteiger partial charge >= 0.3 is 0 Å². The zero-order chi connectivity index (χ0) is 13.1. The van der Waals surface area contributed by atoms with Gasteiger partial charge in [-0.05, 0) is 63.7 Å². The van der Waals surface area contributed by atoms with E-state index in [1.54, 1.807) is 0 Å². The van der Waals surface area contributed by atoms with Crippen molar-refractivity contribution in [2.24, 2.45) is 11.8 Å². The number of nitrogens with one attached hydrogen (secondary N) is 1. The minimum atomic E-state index is 0. The molecule has 0 atom stereocenters. The summed E-state index contributed by atoms with van der Waals surface area (Å²) in [6.07, 6.45) is 5.41. The highest BCUT2D eigenvalue weighted by Crippen LogP contribution is 2.30. The van der Waals surface area contributed by atoms with Crippen molar-refractivity contribution in [3.05, 3.63) is 11.7 Å². The number of nitrogens with zero attached hydrogens (tertiary/aromatic N) is 3. The molecular formula is C14H26Cl2N4O. The number of hydrogen-bond donors (Lipinski definition) is 1. The van der Waals surface area contributed by atoms with Crippen molar-refractivity contribution in [3.8, 4) is 0 Å². The highest BCUT2D eigenvalue weighted by Gasteiger charge is 2.27. The summed E-state index contributed by atoms with van der Waals surface area (Å²) in [5.41, 5.74) is 0. The van der Waals surface area contributed by atoms with Crippen LogP contribution in [0.5, 0.6) is 0 Å². The summed E-state index contributed by atoms with van der Waals surface area (Å²) in [5.74, 6) is 3.39. The monoisotopic (exact) mass is 336 g/mol. The molecule has 1 aromatic rings. The molecule has 0 saturated carbocycles. The molecule has 0 bridgehead atoms. The first kappa shape index (κ1) is 18.7. The maximum atomic E-state index is 5.03. The van der Waals surface area contributed by atoms with Crippen LogP contribution in [0.3, 0.4) is 0 Å². The number of piperidine rings is 2. The van der Waals surface area contributed by atoms with Gasteiger partial charge in [-0.25, -0.2) is 0 Å². The van der Waals surface area contributed by atoms with Crippen molar-refractivity contribution >= 4 is 24.8 Å². The van der Waals surface area contributed by atoms with Crippen LogP contribution in [0.4, 0.5) is 0 Å². The van der Waals surface area contributed by atoms with Crippen LogP contribution in [0, 0.1) is 18.8 Å². The molecule has 0 aliphatic carbocycles. The first-order valence-corrected chi connectivity index (χ1v) is 7.53. The molecule has 3 heterocycles. The Kier molecular flexibility index (Phi) is 7.95. The highest BCUT2D eigenvalue weighted by atomic mass is 35.5. The predicted octanol–water partition coefficient (Wildman–Crippen LogP) is 2.43. The quantitative estimate of drug-likeness (QED) is 0.918. The van der Waals surface area contributed by atoms with Gasteiger partial charge in [-0.15, -0.1) is 24.8 Å². The lowest BCUT2D eigenvalue weighted by Gasteiger charge is -2.37. The van der Waals surface area contributed by atoms with Crippen LogP contribution in [0.15, 0.2) is 4.52 Å². The van der Waals surface area contributed by atoms with Crippen LogP contribution in [0.2, 0.25) is 0 Å². The molecule has 0 amide bonds. The van der Waals surface area contributed by atoms with Gasteiger partial charge in [0.25, 0.3) is 0 Å². The summed E-state index contributed by atoms with van der Waals surface area (Å²) in [5, 5.41) is 7.44. The van der Waals surface area contributed by atoms with Crippen LogP contribution in [-0.4, -0.2) is 41.2 Å². The van der Waals surface area contributed by atoms with Crippen LogP contribution in [0.25, 0.3) is 0 Å². The van der Waals surface area contributed by atoms with Gasteiger partial charge in [0.15, 0.2) is 5.82 Å². The summed E-state index contributed by atoms with van der Waals surface area (Å²) < 4.78 is 5.03. The Labute approximate surface area is 139 Å². The Hall–Kier alpha value is -0.360. The van der Waals surface area contributed by atoms with E-state index in [-0.39, 0.29) is 24.8 Å². The maximum absolute atomic E-state index is 5.03. The number of rotatable bonds is 3.